The van der Waals surface area contributed by atoms with Crippen LogP contribution < -0.4 is 5.32 Å². The van der Waals surface area contributed by atoms with Crippen molar-refractivity contribution in [1.29, 1.82) is 0 Å². The molecule has 0 fully saturated rings. The van der Waals surface area contributed by atoms with Crippen molar-refractivity contribution in [2.75, 3.05) is 5.32 Å². The van der Waals surface area contributed by atoms with E-state index in [9.17, 15) is 14.9 Å². The Kier molecular flexibility index (Phi) is 4.02. The van der Waals surface area contributed by atoms with Crippen molar-refractivity contribution < 1.29 is 9.72 Å². The van der Waals surface area contributed by atoms with E-state index in [1.54, 1.807) is 18.5 Å². The Hall–Kier alpha value is -3.55. The molecule has 8 heteroatoms. The fraction of sp³-hybridized carbons (Fsp3) is 0.0625. The molecule has 2 aromatic heterocycles. The molecule has 0 aliphatic carbocycles. The Bertz CT molecular complexity index is 889. The molecule has 0 saturated heterocycles. The Morgan fingerprint density at radius 3 is 2.75 bits per heavy atom. The summed E-state index contributed by atoms with van der Waals surface area (Å²) in [4.78, 5) is 31.0. The van der Waals surface area contributed by atoms with Crippen LogP contribution in [0.1, 0.15) is 15.9 Å². The lowest BCUT2D eigenvalue weighted by Crippen LogP contribution is -2.13. The molecule has 3 aromatic rings. The van der Waals surface area contributed by atoms with E-state index in [0.29, 0.717) is 11.5 Å². The number of aromatic nitrogens is 3. The van der Waals surface area contributed by atoms with Gasteiger partial charge in [-0.15, -0.1) is 0 Å². The van der Waals surface area contributed by atoms with Gasteiger partial charge in [0, 0.05) is 30.2 Å². The number of benzene rings is 1. The van der Waals surface area contributed by atoms with Crippen molar-refractivity contribution in [1.82, 2.24) is 14.5 Å². The van der Waals surface area contributed by atoms with Crippen LogP contribution in [-0.2, 0) is 0 Å². The second kappa shape index (κ2) is 6.29. The summed E-state index contributed by atoms with van der Waals surface area (Å²) in [6, 6.07) is 7.75. The van der Waals surface area contributed by atoms with Gasteiger partial charge >= 0.3 is 0 Å². The lowest BCUT2D eigenvalue weighted by atomic mass is 10.1. The van der Waals surface area contributed by atoms with E-state index in [-0.39, 0.29) is 11.3 Å². The molecule has 0 atom stereocenters. The van der Waals surface area contributed by atoms with Gasteiger partial charge in [0.2, 0.25) is 0 Å². The number of pyridine rings is 1. The van der Waals surface area contributed by atoms with Crippen LogP contribution in [0.2, 0.25) is 0 Å². The number of hydrogen-bond donors (Lipinski definition) is 1. The average molecular weight is 323 g/mol. The Morgan fingerprint density at radius 1 is 1.29 bits per heavy atom. The molecule has 8 nitrogen and oxygen atoms in total. The molecule has 0 radical (unpaired) electrons. The van der Waals surface area contributed by atoms with Crippen LogP contribution in [0.15, 0.2) is 55.2 Å². The molecule has 120 valence electrons. The Labute approximate surface area is 136 Å². The van der Waals surface area contributed by atoms with E-state index in [4.69, 9.17) is 0 Å². The van der Waals surface area contributed by atoms with Crippen LogP contribution >= 0.6 is 0 Å². The number of hydrogen-bond acceptors (Lipinski definition) is 5. The maximum atomic E-state index is 12.3. The first-order chi connectivity index (χ1) is 11.5. The third kappa shape index (κ3) is 3.12. The molecule has 0 aliphatic rings. The van der Waals surface area contributed by atoms with Gasteiger partial charge < -0.3 is 9.88 Å². The fourth-order valence-electron chi connectivity index (χ4n) is 2.16. The van der Waals surface area contributed by atoms with Crippen LogP contribution in [0.3, 0.4) is 0 Å². The first kappa shape index (κ1) is 15.3. The lowest BCUT2D eigenvalue weighted by molar-refractivity contribution is -0.384. The van der Waals surface area contributed by atoms with E-state index < -0.39 is 10.8 Å². The van der Waals surface area contributed by atoms with Crippen molar-refractivity contribution in [3.05, 3.63) is 76.5 Å². The smallest absolute Gasteiger partial charge is 0.294 e. The molecule has 0 spiro atoms. The minimum Gasteiger partial charge on any atom is -0.307 e. The number of carbonyl (C=O) groups excluding carboxylic acids is 1. The van der Waals surface area contributed by atoms with E-state index in [1.807, 2.05) is 13.0 Å². The number of nitrogens with one attached hydrogen (secondary N) is 1. The normalized spacial score (nSPS) is 10.4. The second-order valence-electron chi connectivity index (χ2n) is 5.11. The van der Waals surface area contributed by atoms with Gasteiger partial charge in [0.15, 0.2) is 0 Å². The SMILES string of the molecule is Cc1ccc(NC(=O)c2ccc(-n3ccnc3)c([N+](=O)[O-])c2)nc1. The zero-order valence-electron chi connectivity index (χ0n) is 12.7. The summed E-state index contributed by atoms with van der Waals surface area (Å²) < 4.78 is 1.52. The summed E-state index contributed by atoms with van der Waals surface area (Å²) in [7, 11) is 0. The number of imidazole rings is 1. The zero-order valence-corrected chi connectivity index (χ0v) is 12.7. The highest BCUT2D eigenvalue weighted by Gasteiger charge is 2.19. The maximum absolute atomic E-state index is 12.3. The van der Waals surface area contributed by atoms with Gasteiger partial charge in [0.05, 0.1) is 11.3 Å². The van der Waals surface area contributed by atoms with Gasteiger partial charge in [-0.3, -0.25) is 14.9 Å². The molecule has 3 rings (SSSR count). The van der Waals surface area contributed by atoms with E-state index in [0.717, 1.165) is 5.56 Å². The van der Waals surface area contributed by atoms with Crippen LogP contribution in [-0.4, -0.2) is 25.4 Å². The minimum atomic E-state index is -0.532. The predicted molar refractivity (Wildman–Crippen MR) is 87.1 cm³/mol. The quantitative estimate of drug-likeness (QED) is 0.587. The monoisotopic (exact) mass is 323 g/mol. The molecule has 0 saturated carbocycles. The van der Waals surface area contributed by atoms with Crippen molar-refractivity contribution >= 4 is 17.4 Å². The van der Waals surface area contributed by atoms with Gasteiger partial charge in [-0.2, -0.15) is 0 Å². The van der Waals surface area contributed by atoms with Crippen LogP contribution in [0.25, 0.3) is 5.69 Å². The fourth-order valence-corrected chi connectivity index (χ4v) is 2.16. The molecule has 0 unspecified atom stereocenters. The number of amides is 1. The van der Waals surface area contributed by atoms with Crippen LogP contribution in [0.4, 0.5) is 11.5 Å². The molecule has 0 bridgehead atoms. The van der Waals surface area contributed by atoms with Crippen molar-refractivity contribution in [2.45, 2.75) is 6.92 Å². The number of nitro groups is 1. The van der Waals surface area contributed by atoms with Gasteiger partial charge in [-0.1, -0.05) is 6.07 Å². The van der Waals surface area contributed by atoms with Crippen LogP contribution in [0.5, 0.6) is 0 Å². The minimum absolute atomic E-state index is 0.174. The van der Waals surface area contributed by atoms with Crippen LogP contribution in [0, 0.1) is 17.0 Å². The molecular weight excluding hydrogens is 310 g/mol. The number of aryl methyl sites for hydroxylation is 1. The summed E-state index contributed by atoms with van der Waals surface area (Å²) in [6.07, 6.45) is 6.20. The van der Waals surface area contributed by atoms with Gasteiger partial charge in [0.1, 0.15) is 11.5 Å². The van der Waals surface area contributed by atoms with Crippen molar-refractivity contribution in [3.63, 3.8) is 0 Å². The van der Waals surface area contributed by atoms with Gasteiger partial charge in [-0.25, -0.2) is 9.97 Å². The summed E-state index contributed by atoms with van der Waals surface area (Å²) in [5.74, 6) is -0.0847. The standard InChI is InChI=1S/C16H13N5O3/c1-11-2-5-15(18-9-11)19-16(22)12-3-4-13(14(8-12)21(23)24)20-7-6-17-10-20/h2-10H,1H3,(H,18,19,22). The molecule has 1 N–H and O–H groups in total. The summed E-state index contributed by atoms with van der Waals surface area (Å²) >= 11 is 0. The topological polar surface area (TPSA) is 103 Å². The Morgan fingerprint density at radius 2 is 2.12 bits per heavy atom. The highest BCUT2D eigenvalue weighted by molar-refractivity contribution is 6.04. The van der Waals surface area contributed by atoms with E-state index in [2.05, 4.69) is 15.3 Å². The number of carbonyl (C=O) groups is 1. The van der Waals surface area contributed by atoms with E-state index in [1.165, 1.54) is 35.3 Å². The first-order valence-corrected chi connectivity index (χ1v) is 7.05. The zero-order chi connectivity index (χ0) is 17.1. The molecule has 2 heterocycles. The second-order valence-corrected chi connectivity index (χ2v) is 5.11. The average Bonchev–Trinajstić information content (AvgIpc) is 3.10. The molecule has 1 amide bonds. The van der Waals surface area contributed by atoms with Crippen molar-refractivity contribution in [3.8, 4) is 5.69 Å². The first-order valence-electron chi connectivity index (χ1n) is 7.05. The van der Waals surface area contributed by atoms with Gasteiger partial charge in [0.25, 0.3) is 11.6 Å². The highest BCUT2D eigenvalue weighted by atomic mass is 16.6. The third-order valence-corrected chi connectivity index (χ3v) is 3.37. The Balaban J connectivity index is 1.91. The largest absolute Gasteiger partial charge is 0.307 e. The molecule has 1 aromatic carbocycles. The lowest BCUT2D eigenvalue weighted by Gasteiger charge is -2.07. The highest BCUT2D eigenvalue weighted by Crippen LogP contribution is 2.24. The van der Waals surface area contributed by atoms with Crippen molar-refractivity contribution in [2.24, 2.45) is 0 Å². The summed E-state index contributed by atoms with van der Waals surface area (Å²) in [5, 5.41) is 13.9. The molecule has 24 heavy (non-hydrogen) atoms. The summed E-state index contributed by atoms with van der Waals surface area (Å²) in [6.45, 7) is 1.89. The van der Waals surface area contributed by atoms with E-state index >= 15 is 0 Å². The predicted octanol–water partition coefficient (Wildman–Crippen LogP) is 2.74. The maximum Gasteiger partial charge on any atom is 0.294 e. The molecular formula is C16H13N5O3. The number of nitrogens with zero attached hydrogens (tertiary/aromatic N) is 4. The number of rotatable bonds is 4. The number of nitro benzene ring substituents is 1. The number of anilines is 1. The summed E-state index contributed by atoms with van der Waals surface area (Å²) in [5.41, 5.74) is 1.29. The third-order valence-electron chi connectivity index (χ3n) is 3.37. The van der Waals surface area contributed by atoms with Gasteiger partial charge in [-0.05, 0) is 30.7 Å². The molecule has 0 aliphatic heterocycles.